The summed E-state index contributed by atoms with van der Waals surface area (Å²) in [5.41, 5.74) is 1.07. The molecule has 0 N–H and O–H groups in total. The molecule has 0 aliphatic heterocycles. The van der Waals surface area contributed by atoms with Gasteiger partial charge in [-0.15, -0.1) is 0 Å². The third-order valence-electron chi connectivity index (χ3n) is 1.63. The van der Waals surface area contributed by atoms with Crippen LogP contribution in [-0.4, -0.2) is 14.2 Å². The highest BCUT2D eigenvalue weighted by Crippen LogP contribution is 2.23. The minimum Gasteiger partial charge on any atom is -0.497 e. The van der Waals surface area contributed by atoms with Crippen molar-refractivity contribution in [3.05, 3.63) is 27.8 Å². The third-order valence-corrected chi connectivity index (χ3v) is 1.99. The van der Waals surface area contributed by atoms with Gasteiger partial charge < -0.3 is 9.47 Å². The Morgan fingerprint density at radius 2 is 1.62 bits per heavy atom. The van der Waals surface area contributed by atoms with Gasteiger partial charge in [0.25, 0.3) is 0 Å². The van der Waals surface area contributed by atoms with Crippen LogP contribution in [0.25, 0.3) is 6.08 Å². The molecule has 0 heterocycles. The molecule has 0 aliphatic rings. The van der Waals surface area contributed by atoms with Gasteiger partial charge in [0.15, 0.2) is 0 Å². The molecule has 3 heteroatoms. The van der Waals surface area contributed by atoms with Crippen molar-refractivity contribution in [3.8, 4) is 11.5 Å². The van der Waals surface area contributed by atoms with E-state index >= 15 is 0 Å². The van der Waals surface area contributed by atoms with Gasteiger partial charge in [-0.05, 0) is 27.9 Å². The highest BCUT2D eigenvalue weighted by molar-refractivity contribution is 14.1. The van der Waals surface area contributed by atoms with Crippen molar-refractivity contribution >= 4 is 28.7 Å². The normalized spacial score (nSPS) is 10.4. The van der Waals surface area contributed by atoms with Crippen LogP contribution in [0.2, 0.25) is 0 Å². The van der Waals surface area contributed by atoms with E-state index in [0.29, 0.717) is 0 Å². The fraction of sp³-hybridized carbons (Fsp3) is 0.200. The van der Waals surface area contributed by atoms with Crippen LogP contribution in [0.5, 0.6) is 11.5 Å². The summed E-state index contributed by atoms with van der Waals surface area (Å²) < 4.78 is 12.2. The molecule has 0 bridgehead atoms. The predicted molar refractivity (Wildman–Crippen MR) is 62.6 cm³/mol. The summed E-state index contributed by atoms with van der Waals surface area (Å²) in [6.45, 7) is 0. The summed E-state index contributed by atoms with van der Waals surface area (Å²) in [6.07, 6.45) is 1.99. The fourth-order valence-electron chi connectivity index (χ4n) is 0.998. The van der Waals surface area contributed by atoms with Crippen molar-refractivity contribution < 1.29 is 9.47 Å². The number of ether oxygens (including phenoxy) is 2. The second-order valence-corrected chi connectivity index (χ2v) is 3.16. The van der Waals surface area contributed by atoms with E-state index in [-0.39, 0.29) is 0 Å². The SMILES string of the molecule is COc1cc(/C=C\I)cc(OC)c1. The van der Waals surface area contributed by atoms with Gasteiger partial charge in [-0.25, -0.2) is 0 Å². The number of rotatable bonds is 3. The maximum atomic E-state index is 5.13. The van der Waals surface area contributed by atoms with Crippen molar-refractivity contribution in [3.63, 3.8) is 0 Å². The Kier molecular flexibility index (Phi) is 4.08. The van der Waals surface area contributed by atoms with E-state index in [9.17, 15) is 0 Å². The fourth-order valence-corrected chi connectivity index (χ4v) is 1.41. The summed E-state index contributed by atoms with van der Waals surface area (Å²) in [7, 11) is 3.29. The van der Waals surface area contributed by atoms with Crippen LogP contribution in [0.4, 0.5) is 0 Å². The lowest BCUT2D eigenvalue weighted by molar-refractivity contribution is 0.394. The smallest absolute Gasteiger partial charge is 0.123 e. The summed E-state index contributed by atoms with van der Waals surface area (Å²) >= 11 is 2.18. The lowest BCUT2D eigenvalue weighted by Gasteiger charge is -2.05. The zero-order chi connectivity index (χ0) is 9.68. The Morgan fingerprint density at radius 3 is 2.00 bits per heavy atom. The number of hydrogen-bond donors (Lipinski definition) is 0. The van der Waals surface area contributed by atoms with Crippen LogP contribution in [0.1, 0.15) is 5.56 Å². The largest absolute Gasteiger partial charge is 0.497 e. The van der Waals surface area contributed by atoms with Crippen LogP contribution in [-0.2, 0) is 0 Å². The van der Waals surface area contributed by atoms with E-state index in [1.54, 1.807) is 14.2 Å². The first-order chi connectivity index (χ1) is 6.30. The zero-order valence-electron chi connectivity index (χ0n) is 7.58. The van der Waals surface area contributed by atoms with Gasteiger partial charge in [0.2, 0.25) is 0 Å². The Labute approximate surface area is 91.7 Å². The second kappa shape index (κ2) is 5.11. The van der Waals surface area contributed by atoms with Crippen LogP contribution in [0.15, 0.2) is 22.3 Å². The molecule has 0 unspecified atom stereocenters. The summed E-state index contributed by atoms with van der Waals surface area (Å²) in [4.78, 5) is 0. The molecule has 0 saturated carbocycles. The molecular formula is C10H11IO2. The van der Waals surface area contributed by atoms with Crippen LogP contribution in [0.3, 0.4) is 0 Å². The van der Waals surface area contributed by atoms with Crippen LogP contribution < -0.4 is 9.47 Å². The summed E-state index contributed by atoms with van der Waals surface area (Å²) in [5.74, 6) is 1.62. The van der Waals surface area contributed by atoms with E-state index < -0.39 is 0 Å². The Balaban J connectivity index is 3.07. The van der Waals surface area contributed by atoms with Gasteiger partial charge in [-0.2, -0.15) is 0 Å². The third kappa shape index (κ3) is 2.91. The molecule has 0 aliphatic carbocycles. The molecule has 0 atom stereocenters. The van der Waals surface area contributed by atoms with Crippen molar-refractivity contribution in [2.45, 2.75) is 0 Å². The van der Waals surface area contributed by atoms with E-state index in [2.05, 4.69) is 22.6 Å². The van der Waals surface area contributed by atoms with Gasteiger partial charge in [0, 0.05) is 6.07 Å². The van der Waals surface area contributed by atoms with Gasteiger partial charge in [0.1, 0.15) is 11.5 Å². The standard InChI is InChI=1S/C10H11IO2/c1-12-9-5-8(3-4-11)6-10(7-9)13-2/h3-7H,1-2H3/b4-3-. The predicted octanol–water partition coefficient (Wildman–Crippen LogP) is 3.11. The summed E-state index contributed by atoms with van der Waals surface area (Å²) in [6, 6.07) is 5.76. The number of halogens is 1. The molecule has 0 fully saturated rings. The Bertz CT molecular complexity index is 286. The van der Waals surface area contributed by atoms with Gasteiger partial charge in [-0.1, -0.05) is 22.6 Å². The van der Waals surface area contributed by atoms with Crippen molar-refractivity contribution in [1.29, 1.82) is 0 Å². The monoisotopic (exact) mass is 290 g/mol. The molecule has 70 valence electrons. The Morgan fingerprint density at radius 1 is 1.08 bits per heavy atom. The Hall–Kier alpha value is -0.710. The lowest BCUT2D eigenvalue weighted by atomic mass is 10.2. The van der Waals surface area contributed by atoms with E-state index in [0.717, 1.165) is 17.1 Å². The molecule has 13 heavy (non-hydrogen) atoms. The molecule has 0 saturated heterocycles. The zero-order valence-corrected chi connectivity index (χ0v) is 9.74. The average Bonchev–Trinajstić information content (AvgIpc) is 2.17. The number of methoxy groups -OCH3 is 2. The van der Waals surface area contributed by atoms with Crippen molar-refractivity contribution in [2.75, 3.05) is 14.2 Å². The minimum absolute atomic E-state index is 0.809. The van der Waals surface area contributed by atoms with Crippen molar-refractivity contribution in [2.24, 2.45) is 0 Å². The highest BCUT2D eigenvalue weighted by Gasteiger charge is 1.98. The van der Waals surface area contributed by atoms with Crippen LogP contribution >= 0.6 is 22.6 Å². The molecule has 2 nitrogen and oxygen atoms in total. The minimum atomic E-state index is 0.809. The molecule has 0 spiro atoms. The molecule has 0 amide bonds. The molecule has 0 aromatic heterocycles. The summed E-state index contributed by atoms with van der Waals surface area (Å²) in [5, 5.41) is 0. The van der Waals surface area contributed by atoms with Gasteiger partial charge >= 0.3 is 0 Å². The second-order valence-electron chi connectivity index (χ2n) is 2.44. The maximum Gasteiger partial charge on any atom is 0.123 e. The average molecular weight is 290 g/mol. The topological polar surface area (TPSA) is 18.5 Å². The highest BCUT2D eigenvalue weighted by atomic mass is 127. The molecule has 1 rings (SSSR count). The lowest BCUT2D eigenvalue weighted by Crippen LogP contribution is -1.87. The first-order valence-electron chi connectivity index (χ1n) is 3.80. The molecule has 1 aromatic rings. The van der Waals surface area contributed by atoms with Crippen LogP contribution in [0, 0.1) is 0 Å². The quantitative estimate of drug-likeness (QED) is 0.796. The van der Waals surface area contributed by atoms with Gasteiger partial charge in [-0.3, -0.25) is 0 Å². The number of benzene rings is 1. The van der Waals surface area contributed by atoms with E-state index in [1.807, 2.05) is 28.4 Å². The molecule has 0 radical (unpaired) electrons. The number of hydrogen-bond acceptors (Lipinski definition) is 2. The molecular weight excluding hydrogens is 279 g/mol. The molecule has 1 aromatic carbocycles. The maximum absolute atomic E-state index is 5.13. The first-order valence-corrected chi connectivity index (χ1v) is 5.04. The first kappa shape index (κ1) is 10.4. The van der Waals surface area contributed by atoms with Crippen molar-refractivity contribution in [1.82, 2.24) is 0 Å². The van der Waals surface area contributed by atoms with E-state index in [1.165, 1.54) is 0 Å². The van der Waals surface area contributed by atoms with E-state index in [4.69, 9.17) is 9.47 Å². The van der Waals surface area contributed by atoms with Gasteiger partial charge in [0.05, 0.1) is 14.2 Å².